The number of nitrogens with one attached hydrogen (secondary N) is 2. The number of hydrazine groups is 1. The molecule has 0 atom stereocenters. The standard InChI is InChI=1S/C29H41FN6O/c1-20(2)15-21-3-6-24(7-4-21)33-11-14-35-12-9-22(10-13-35)17-36(32)18-26(31)29-25-16-23(30)5-8-27(25)34-28(29)19-37/h3-8,16,18,20,22,33-34,37H,9-15,17,19,31-32H2,1-2H3/b26-18-. The molecule has 1 saturated heterocycles. The number of H-pyrrole nitrogens is 1. The van der Waals surface area contributed by atoms with Crippen molar-refractivity contribution >= 4 is 22.3 Å². The fraction of sp³-hybridized carbons (Fsp3) is 0.448. The van der Waals surface area contributed by atoms with Gasteiger partial charge in [0.25, 0.3) is 0 Å². The predicted octanol–water partition coefficient (Wildman–Crippen LogP) is 4.25. The van der Waals surface area contributed by atoms with Gasteiger partial charge in [0, 0.05) is 48.0 Å². The van der Waals surface area contributed by atoms with Gasteiger partial charge in [-0.2, -0.15) is 0 Å². The quantitative estimate of drug-likeness (QED) is 0.196. The van der Waals surface area contributed by atoms with E-state index in [4.69, 9.17) is 11.6 Å². The van der Waals surface area contributed by atoms with Crippen LogP contribution in [0.5, 0.6) is 0 Å². The first kappa shape index (κ1) is 27.0. The molecule has 37 heavy (non-hydrogen) atoms. The Hall–Kier alpha value is -3.07. The van der Waals surface area contributed by atoms with E-state index in [1.54, 1.807) is 17.3 Å². The lowest BCUT2D eigenvalue weighted by Gasteiger charge is -2.33. The van der Waals surface area contributed by atoms with Crippen molar-refractivity contribution in [2.75, 3.05) is 38.0 Å². The van der Waals surface area contributed by atoms with Gasteiger partial charge in [-0.25, -0.2) is 10.2 Å². The number of aromatic nitrogens is 1. The number of piperidine rings is 1. The first-order chi connectivity index (χ1) is 17.8. The predicted molar refractivity (Wildman–Crippen MR) is 150 cm³/mol. The zero-order chi connectivity index (χ0) is 26.4. The normalized spacial score (nSPS) is 15.6. The number of fused-ring (bicyclic) bond motifs is 1. The van der Waals surface area contributed by atoms with Crippen LogP contribution in [-0.2, 0) is 13.0 Å². The van der Waals surface area contributed by atoms with E-state index in [0.717, 1.165) is 51.0 Å². The Kier molecular flexibility index (Phi) is 9.08. The second kappa shape index (κ2) is 12.4. The highest BCUT2D eigenvalue weighted by Crippen LogP contribution is 2.28. The van der Waals surface area contributed by atoms with Crippen molar-refractivity contribution in [2.24, 2.45) is 23.4 Å². The summed E-state index contributed by atoms with van der Waals surface area (Å²) < 4.78 is 13.8. The topological polar surface area (TPSA) is 107 Å². The average molecular weight is 509 g/mol. The number of anilines is 1. The zero-order valence-electron chi connectivity index (χ0n) is 22.0. The summed E-state index contributed by atoms with van der Waals surface area (Å²) in [6.07, 6.45) is 4.96. The maximum atomic E-state index is 13.8. The molecule has 2 aromatic carbocycles. The second-order valence-corrected chi connectivity index (χ2v) is 10.6. The minimum atomic E-state index is -0.351. The molecule has 0 bridgehead atoms. The van der Waals surface area contributed by atoms with Crippen molar-refractivity contribution in [1.82, 2.24) is 14.9 Å². The number of likely N-dealkylation sites (tertiary alicyclic amines) is 1. The van der Waals surface area contributed by atoms with Crippen molar-refractivity contribution < 1.29 is 9.50 Å². The van der Waals surface area contributed by atoms with Gasteiger partial charge < -0.3 is 31.0 Å². The van der Waals surface area contributed by atoms with Gasteiger partial charge in [-0.3, -0.25) is 0 Å². The van der Waals surface area contributed by atoms with Crippen molar-refractivity contribution in [1.29, 1.82) is 0 Å². The van der Waals surface area contributed by atoms with E-state index < -0.39 is 0 Å². The van der Waals surface area contributed by atoms with Crippen LogP contribution in [0.3, 0.4) is 0 Å². The lowest BCUT2D eigenvalue weighted by molar-refractivity contribution is 0.166. The highest BCUT2D eigenvalue weighted by Gasteiger charge is 2.21. The molecule has 0 unspecified atom stereocenters. The average Bonchev–Trinajstić information content (AvgIpc) is 3.23. The Bertz CT molecular complexity index is 1180. The van der Waals surface area contributed by atoms with E-state index in [-0.39, 0.29) is 12.4 Å². The Balaban J connectivity index is 1.23. The van der Waals surface area contributed by atoms with E-state index in [2.05, 4.69) is 53.3 Å². The van der Waals surface area contributed by atoms with Crippen LogP contribution in [0.2, 0.25) is 0 Å². The summed E-state index contributed by atoms with van der Waals surface area (Å²) in [5, 5.41) is 15.6. The fourth-order valence-corrected chi connectivity index (χ4v) is 5.24. The summed E-state index contributed by atoms with van der Waals surface area (Å²) in [5.74, 6) is 7.10. The van der Waals surface area contributed by atoms with E-state index in [0.29, 0.717) is 40.7 Å². The van der Waals surface area contributed by atoms with Gasteiger partial charge >= 0.3 is 0 Å². The third-order valence-corrected chi connectivity index (χ3v) is 7.12. The molecular formula is C29H41FN6O. The van der Waals surface area contributed by atoms with Gasteiger partial charge in [-0.1, -0.05) is 26.0 Å². The van der Waals surface area contributed by atoms with Crippen LogP contribution in [0.1, 0.15) is 43.5 Å². The van der Waals surface area contributed by atoms with Crippen molar-refractivity contribution in [3.8, 4) is 0 Å². The molecule has 0 spiro atoms. The monoisotopic (exact) mass is 508 g/mol. The summed E-state index contributed by atoms with van der Waals surface area (Å²) in [7, 11) is 0. The number of halogens is 1. The summed E-state index contributed by atoms with van der Waals surface area (Å²) in [4.78, 5) is 5.61. The molecule has 7 nitrogen and oxygen atoms in total. The lowest BCUT2D eigenvalue weighted by Crippen LogP contribution is -2.41. The number of rotatable bonds is 11. The largest absolute Gasteiger partial charge is 0.397 e. The molecule has 2 heterocycles. The van der Waals surface area contributed by atoms with Gasteiger partial charge in [0.1, 0.15) is 5.82 Å². The minimum absolute atomic E-state index is 0.221. The number of aliphatic hydroxyl groups is 1. The molecule has 0 radical (unpaired) electrons. The van der Waals surface area contributed by atoms with Gasteiger partial charge in [0.05, 0.1) is 18.0 Å². The highest BCUT2D eigenvalue weighted by atomic mass is 19.1. The molecule has 8 heteroatoms. The van der Waals surface area contributed by atoms with Gasteiger partial charge in [0.15, 0.2) is 0 Å². The highest BCUT2D eigenvalue weighted by molar-refractivity contribution is 5.93. The van der Waals surface area contributed by atoms with Crippen LogP contribution in [0.4, 0.5) is 10.1 Å². The maximum Gasteiger partial charge on any atom is 0.123 e. The maximum absolute atomic E-state index is 13.8. The number of aliphatic hydroxyl groups excluding tert-OH is 1. The Morgan fingerprint density at radius 2 is 1.95 bits per heavy atom. The molecule has 3 aromatic rings. The first-order valence-electron chi connectivity index (χ1n) is 13.3. The number of aromatic amines is 1. The number of benzene rings is 2. The second-order valence-electron chi connectivity index (χ2n) is 10.6. The fourth-order valence-electron chi connectivity index (χ4n) is 5.24. The van der Waals surface area contributed by atoms with E-state index in [1.807, 2.05) is 0 Å². The van der Waals surface area contributed by atoms with Crippen LogP contribution in [0.25, 0.3) is 16.6 Å². The summed E-state index contributed by atoms with van der Waals surface area (Å²) in [5.41, 5.74) is 11.2. The lowest BCUT2D eigenvalue weighted by atomic mass is 9.96. The molecule has 1 aliphatic rings. The van der Waals surface area contributed by atoms with Crippen LogP contribution < -0.4 is 16.9 Å². The molecule has 1 aliphatic heterocycles. The van der Waals surface area contributed by atoms with E-state index in [1.165, 1.54) is 23.4 Å². The van der Waals surface area contributed by atoms with Crippen molar-refractivity contribution in [3.05, 3.63) is 71.3 Å². The van der Waals surface area contributed by atoms with Crippen LogP contribution >= 0.6 is 0 Å². The molecule has 200 valence electrons. The Labute approximate surface area is 219 Å². The molecule has 1 fully saturated rings. The summed E-state index contributed by atoms with van der Waals surface area (Å²) in [6.45, 7) is 8.99. The molecule has 0 amide bonds. The first-order valence-corrected chi connectivity index (χ1v) is 13.3. The summed E-state index contributed by atoms with van der Waals surface area (Å²) in [6, 6.07) is 13.2. The number of nitrogens with two attached hydrogens (primary N) is 2. The van der Waals surface area contributed by atoms with Crippen molar-refractivity contribution in [2.45, 2.75) is 39.7 Å². The molecule has 0 aliphatic carbocycles. The molecule has 4 rings (SSSR count). The van der Waals surface area contributed by atoms with Crippen molar-refractivity contribution in [3.63, 3.8) is 0 Å². The van der Waals surface area contributed by atoms with Gasteiger partial charge in [-0.05, 0) is 80.1 Å². The third kappa shape index (κ3) is 7.25. The van der Waals surface area contributed by atoms with Crippen LogP contribution in [0, 0.1) is 17.7 Å². The minimum Gasteiger partial charge on any atom is -0.397 e. The Morgan fingerprint density at radius 3 is 2.62 bits per heavy atom. The number of nitrogens with zero attached hydrogens (tertiary/aromatic N) is 2. The number of hydrogen-bond acceptors (Lipinski definition) is 6. The molecule has 0 saturated carbocycles. The van der Waals surface area contributed by atoms with Gasteiger partial charge in [0.2, 0.25) is 0 Å². The van der Waals surface area contributed by atoms with E-state index >= 15 is 0 Å². The van der Waals surface area contributed by atoms with Gasteiger partial charge in [-0.15, -0.1) is 0 Å². The summed E-state index contributed by atoms with van der Waals surface area (Å²) >= 11 is 0. The third-order valence-electron chi connectivity index (χ3n) is 7.12. The SMILES string of the molecule is CC(C)Cc1ccc(NCCN2CCC(CN(N)/C=C(\N)c3c(CO)[nH]c4ccc(F)cc34)CC2)cc1. The molecule has 1 aromatic heterocycles. The molecular weight excluding hydrogens is 467 g/mol. The smallest absolute Gasteiger partial charge is 0.123 e. The van der Waals surface area contributed by atoms with Crippen LogP contribution in [-0.4, -0.2) is 52.7 Å². The Morgan fingerprint density at radius 1 is 1.22 bits per heavy atom. The zero-order valence-corrected chi connectivity index (χ0v) is 22.0. The van der Waals surface area contributed by atoms with E-state index in [9.17, 15) is 9.50 Å². The molecule has 7 N–H and O–H groups in total. The number of hydrogen-bond donors (Lipinski definition) is 5. The van der Waals surface area contributed by atoms with Crippen LogP contribution in [0.15, 0.2) is 48.7 Å².